The highest BCUT2D eigenvalue weighted by Gasteiger charge is 2.33. The van der Waals surface area contributed by atoms with Crippen LogP contribution in [0, 0.1) is 0 Å². The Morgan fingerprint density at radius 2 is 2.23 bits per heavy atom. The Balaban J connectivity index is 1.61. The lowest BCUT2D eigenvalue weighted by atomic mass is 10.1. The van der Waals surface area contributed by atoms with E-state index in [1.54, 1.807) is 29.4 Å². The van der Waals surface area contributed by atoms with Crippen LogP contribution in [0.25, 0.3) is 11.3 Å². The Bertz CT molecular complexity index is 958. The van der Waals surface area contributed by atoms with Gasteiger partial charge in [-0.1, -0.05) is 0 Å². The Labute approximate surface area is 152 Å². The topological polar surface area (TPSA) is 99.0 Å². The van der Waals surface area contributed by atoms with E-state index in [1.807, 2.05) is 12.1 Å². The predicted octanol–water partition coefficient (Wildman–Crippen LogP) is 1.13. The van der Waals surface area contributed by atoms with Gasteiger partial charge in [0.05, 0.1) is 30.5 Å². The average Bonchev–Trinajstić information content (AvgIpc) is 3.35. The summed E-state index contributed by atoms with van der Waals surface area (Å²) in [4.78, 5) is 32.7. The number of carbonyl (C=O) groups is 1. The Kier molecular flexibility index (Phi) is 4.55. The first-order chi connectivity index (χ1) is 12.7. The first-order valence-corrected chi connectivity index (χ1v) is 8.94. The molecule has 0 saturated carbocycles. The number of ether oxygens (including phenoxy) is 1. The molecule has 3 aromatic heterocycles. The molecule has 2 atom stereocenters. The quantitative estimate of drug-likeness (QED) is 0.740. The molecule has 0 radical (unpaired) electrons. The molecule has 4 rings (SSSR count). The number of thiazole rings is 1. The highest BCUT2D eigenvalue weighted by atomic mass is 32.1. The minimum absolute atomic E-state index is 0.249. The number of nitrogens with zero attached hydrogens (tertiary/aromatic N) is 4. The molecule has 0 bridgehead atoms. The smallest absolute Gasteiger partial charge is 0.271 e. The molecule has 1 fully saturated rings. The van der Waals surface area contributed by atoms with Crippen molar-refractivity contribution in [2.24, 2.45) is 0 Å². The van der Waals surface area contributed by atoms with E-state index in [9.17, 15) is 9.59 Å². The van der Waals surface area contributed by atoms with Crippen molar-refractivity contribution in [2.75, 3.05) is 13.2 Å². The lowest BCUT2D eigenvalue weighted by Gasteiger charge is -2.20. The lowest BCUT2D eigenvalue weighted by molar-refractivity contribution is 0.0920. The van der Waals surface area contributed by atoms with E-state index in [0.717, 1.165) is 5.56 Å². The molecule has 26 heavy (non-hydrogen) atoms. The molecule has 1 N–H and O–H groups in total. The summed E-state index contributed by atoms with van der Waals surface area (Å²) in [6, 6.07) is 6.06. The first kappa shape index (κ1) is 16.6. The van der Waals surface area contributed by atoms with Gasteiger partial charge < -0.3 is 10.1 Å². The van der Waals surface area contributed by atoms with Crippen molar-refractivity contribution in [3.05, 3.63) is 63.6 Å². The zero-order valence-corrected chi connectivity index (χ0v) is 14.4. The summed E-state index contributed by atoms with van der Waals surface area (Å²) >= 11 is 1.35. The van der Waals surface area contributed by atoms with Gasteiger partial charge >= 0.3 is 0 Å². The van der Waals surface area contributed by atoms with Crippen LogP contribution in [-0.4, -0.2) is 44.9 Å². The molecular formula is C17H15N5O3S. The van der Waals surface area contributed by atoms with Gasteiger partial charge in [0, 0.05) is 29.4 Å². The van der Waals surface area contributed by atoms with Crippen molar-refractivity contribution in [2.45, 2.75) is 12.1 Å². The van der Waals surface area contributed by atoms with Crippen LogP contribution in [-0.2, 0) is 4.74 Å². The predicted molar refractivity (Wildman–Crippen MR) is 95.0 cm³/mol. The van der Waals surface area contributed by atoms with Gasteiger partial charge in [-0.3, -0.25) is 14.6 Å². The minimum atomic E-state index is -0.387. The average molecular weight is 369 g/mol. The van der Waals surface area contributed by atoms with Crippen molar-refractivity contribution in [1.29, 1.82) is 0 Å². The van der Waals surface area contributed by atoms with E-state index in [2.05, 4.69) is 20.4 Å². The van der Waals surface area contributed by atoms with Gasteiger partial charge in [0.2, 0.25) is 0 Å². The normalized spacial score (nSPS) is 19.4. The highest BCUT2D eigenvalue weighted by molar-refractivity contribution is 7.07. The fourth-order valence-electron chi connectivity index (χ4n) is 2.82. The first-order valence-electron chi connectivity index (χ1n) is 7.99. The summed E-state index contributed by atoms with van der Waals surface area (Å²) < 4.78 is 6.87. The molecule has 9 heteroatoms. The number of rotatable bonds is 4. The number of carbonyl (C=O) groups excluding carboxylic acids is 1. The summed E-state index contributed by atoms with van der Waals surface area (Å²) in [5.74, 6) is -0.289. The van der Waals surface area contributed by atoms with Crippen molar-refractivity contribution in [1.82, 2.24) is 25.1 Å². The van der Waals surface area contributed by atoms with Gasteiger partial charge in [-0.25, -0.2) is 9.67 Å². The minimum Gasteiger partial charge on any atom is -0.377 e. The van der Waals surface area contributed by atoms with Crippen LogP contribution in [0.2, 0.25) is 0 Å². The van der Waals surface area contributed by atoms with E-state index in [-0.39, 0.29) is 23.6 Å². The Hall–Kier alpha value is -2.91. The maximum Gasteiger partial charge on any atom is 0.271 e. The zero-order valence-electron chi connectivity index (χ0n) is 13.6. The van der Waals surface area contributed by atoms with Gasteiger partial charge in [-0.15, -0.1) is 11.3 Å². The van der Waals surface area contributed by atoms with Gasteiger partial charge in [0.15, 0.2) is 0 Å². The van der Waals surface area contributed by atoms with Crippen LogP contribution >= 0.6 is 11.3 Å². The van der Waals surface area contributed by atoms with E-state index in [0.29, 0.717) is 24.6 Å². The van der Waals surface area contributed by atoms with Crippen molar-refractivity contribution in [3.63, 3.8) is 0 Å². The van der Waals surface area contributed by atoms with E-state index in [4.69, 9.17) is 4.74 Å². The number of nitrogens with one attached hydrogen (secondary N) is 1. The van der Waals surface area contributed by atoms with Gasteiger partial charge in [-0.05, 0) is 18.2 Å². The second-order valence-corrected chi connectivity index (χ2v) is 6.52. The SMILES string of the molecule is O=C(NC1COCC1n1nc(-c2cccnc2)ccc1=O)c1cscn1. The molecule has 0 spiro atoms. The summed E-state index contributed by atoms with van der Waals surface area (Å²) in [5, 5.41) is 9.02. The number of hydrogen-bond acceptors (Lipinski definition) is 7. The maximum absolute atomic E-state index is 12.4. The van der Waals surface area contributed by atoms with Gasteiger partial charge in [0.25, 0.3) is 11.5 Å². The number of amides is 1. The van der Waals surface area contributed by atoms with Crippen LogP contribution < -0.4 is 10.9 Å². The van der Waals surface area contributed by atoms with Crippen LogP contribution in [0.5, 0.6) is 0 Å². The van der Waals surface area contributed by atoms with E-state index in [1.165, 1.54) is 22.1 Å². The highest BCUT2D eigenvalue weighted by Crippen LogP contribution is 2.20. The van der Waals surface area contributed by atoms with Gasteiger partial charge in [-0.2, -0.15) is 5.10 Å². The fourth-order valence-corrected chi connectivity index (χ4v) is 3.35. The third kappa shape index (κ3) is 3.26. The Morgan fingerprint density at radius 1 is 1.31 bits per heavy atom. The molecule has 1 saturated heterocycles. The maximum atomic E-state index is 12.4. The molecular weight excluding hydrogens is 354 g/mol. The molecule has 3 aromatic rings. The van der Waals surface area contributed by atoms with Crippen molar-refractivity contribution >= 4 is 17.2 Å². The molecule has 1 aliphatic heterocycles. The van der Waals surface area contributed by atoms with Crippen LogP contribution in [0.3, 0.4) is 0 Å². The molecule has 8 nitrogen and oxygen atoms in total. The molecule has 2 unspecified atom stereocenters. The van der Waals surface area contributed by atoms with Crippen molar-refractivity contribution in [3.8, 4) is 11.3 Å². The largest absolute Gasteiger partial charge is 0.377 e. The third-order valence-corrected chi connectivity index (χ3v) is 4.71. The summed E-state index contributed by atoms with van der Waals surface area (Å²) in [6.07, 6.45) is 3.36. The van der Waals surface area contributed by atoms with Crippen LogP contribution in [0.1, 0.15) is 16.5 Å². The summed E-state index contributed by atoms with van der Waals surface area (Å²) in [5.41, 5.74) is 3.14. The lowest BCUT2D eigenvalue weighted by Crippen LogP contribution is -2.44. The number of aromatic nitrogens is 4. The molecule has 132 valence electrons. The molecule has 0 aliphatic carbocycles. The molecule has 1 amide bonds. The Morgan fingerprint density at radius 3 is 3.00 bits per heavy atom. The fraction of sp³-hybridized carbons (Fsp3) is 0.235. The molecule has 1 aliphatic rings. The van der Waals surface area contributed by atoms with Crippen LogP contribution in [0.4, 0.5) is 0 Å². The van der Waals surface area contributed by atoms with Crippen LogP contribution in [0.15, 0.2) is 52.3 Å². The molecule has 0 aromatic carbocycles. The number of hydrogen-bond donors (Lipinski definition) is 1. The monoisotopic (exact) mass is 369 g/mol. The summed E-state index contributed by atoms with van der Waals surface area (Å²) in [7, 11) is 0. The van der Waals surface area contributed by atoms with Crippen molar-refractivity contribution < 1.29 is 9.53 Å². The van der Waals surface area contributed by atoms with E-state index < -0.39 is 0 Å². The third-order valence-electron chi connectivity index (χ3n) is 4.13. The second kappa shape index (κ2) is 7.14. The molecule has 4 heterocycles. The second-order valence-electron chi connectivity index (χ2n) is 5.80. The number of pyridine rings is 1. The van der Waals surface area contributed by atoms with Gasteiger partial charge in [0.1, 0.15) is 11.7 Å². The summed E-state index contributed by atoms with van der Waals surface area (Å²) in [6.45, 7) is 0.608. The standard InChI is InChI=1S/C17H15N5O3S/c23-16-4-3-12(11-2-1-5-18-6-11)21-22(16)15-8-25-7-13(15)20-17(24)14-9-26-10-19-14/h1-6,9-10,13,15H,7-8H2,(H,20,24). The van der Waals surface area contributed by atoms with E-state index >= 15 is 0 Å². The zero-order chi connectivity index (χ0) is 17.9.